The Kier molecular flexibility index (Phi) is 4.18. The number of carbonyl (C=O) groups is 2. The SMILES string of the molecule is CCOC(=O)c1cc(C)sc1NC(=O)c1cn2cc(C)sc2n1. The summed E-state index contributed by atoms with van der Waals surface area (Å²) < 4.78 is 6.84. The van der Waals surface area contributed by atoms with Crippen LogP contribution in [0.4, 0.5) is 5.00 Å². The predicted octanol–water partition coefficient (Wildman–Crippen LogP) is 3.50. The number of imidazole rings is 1. The van der Waals surface area contributed by atoms with Crippen LogP contribution in [0, 0.1) is 13.8 Å². The van der Waals surface area contributed by atoms with E-state index in [1.165, 1.54) is 22.7 Å². The van der Waals surface area contributed by atoms with E-state index < -0.39 is 5.97 Å². The van der Waals surface area contributed by atoms with Crippen LogP contribution in [0.2, 0.25) is 0 Å². The maximum atomic E-state index is 12.4. The van der Waals surface area contributed by atoms with Gasteiger partial charge in [0.15, 0.2) is 4.96 Å². The van der Waals surface area contributed by atoms with Gasteiger partial charge in [0.1, 0.15) is 10.7 Å². The molecule has 0 spiro atoms. The molecular formula is C15H15N3O3S2. The molecule has 0 aliphatic rings. The third kappa shape index (κ3) is 3.13. The average molecular weight is 349 g/mol. The van der Waals surface area contributed by atoms with E-state index >= 15 is 0 Å². The molecule has 3 heterocycles. The second-order valence-corrected chi connectivity index (χ2v) is 7.40. The van der Waals surface area contributed by atoms with Gasteiger partial charge < -0.3 is 10.1 Å². The Balaban J connectivity index is 1.84. The van der Waals surface area contributed by atoms with Crippen LogP contribution in [-0.2, 0) is 4.74 Å². The van der Waals surface area contributed by atoms with Crippen molar-refractivity contribution in [1.29, 1.82) is 0 Å². The van der Waals surface area contributed by atoms with E-state index in [1.807, 2.05) is 24.4 Å². The molecular weight excluding hydrogens is 334 g/mol. The standard InChI is InChI=1S/C15H15N3O3S2/c1-4-21-14(20)10-5-8(2)22-13(10)17-12(19)11-7-18-6-9(3)23-15(18)16-11/h5-7H,4H2,1-3H3,(H,17,19). The number of fused-ring (bicyclic) bond motifs is 1. The first-order valence-corrected chi connectivity index (χ1v) is 8.65. The number of aromatic nitrogens is 2. The van der Waals surface area contributed by atoms with Gasteiger partial charge in [-0.05, 0) is 26.8 Å². The van der Waals surface area contributed by atoms with E-state index in [1.54, 1.807) is 19.2 Å². The molecule has 0 saturated carbocycles. The van der Waals surface area contributed by atoms with Gasteiger partial charge in [-0.15, -0.1) is 22.7 Å². The summed E-state index contributed by atoms with van der Waals surface area (Å²) in [5.74, 6) is -0.778. The Hall–Kier alpha value is -2.19. The number of anilines is 1. The van der Waals surface area contributed by atoms with Crippen molar-refractivity contribution in [3.05, 3.63) is 39.5 Å². The largest absolute Gasteiger partial charge is 0.462 e. The summed E-state index contributed by atoms with van der Waals surface area (Å²) in [4.78, 5) is 31.4. The smallest absolute Gasteiger partial charge is 0.341 e. The molecule has 3 rings (SSSR count). The number of hydrogen-bond donors (Lipinski definition) is 1. The monoisotopic (exact) mass is 349 g/mol. The quantitative estimate of drug-likeness (QED) is 0.732. The van der Waals surface area contributed by atoms with Crippen LogP contribution >= 0.6 is 22.7 Å². The van der Waals surface area contributed by atoms with E-state index in [9.17, 15) is 9.59 Å². The molecule has 1 amide bonds. The Morgan fingerprint density at radius 3 is 2.74 bits per heavy atom. The fraction of sp³-hybridized carbons (Fsp3) is 0.267. The highest BCUT2D eigenvalue weighted by Gasteiger charge is 2.20. The molecule has 0 radical (unpaired) electrons. The minimum atomic E-state index is -0.436. The highest BCUT2D eigenvalue weighted by Crippen LogP contribution is 2.29. The molecule has 0 aliphatic heterocycles. The lowest BCUT2D eigenvalue weighted by molar-refractivity contribution is 0.0528. The van der Waals surface area contributed by atoms with E-state index in [2.05, 4.69) is 10.3 Å². The Morgan fingerprint density at radius 2 is 2.04 bits per heavy atom. The lowest BCUT2D eigenvalue weighted by Gasteiger charge is -2.04. The van der Waals surface area contributed by atoms with E-state index in [4.69, 9.17) is 4.74 Å². The lowest BCUT2D eigenvalue weighted by Crippen LogP contribution is -2.14. The van der Waals surface area contributed by atoms with Crippen LogP contribution in [0.1, 0.15) is 37.5 Å². The second-order valence-electron chi connectivity index (χ2n) is 4.93. The topological polar surface area (TPSA) is 72.7 Å². The maximum absolute atomic E-state index is 12.4. The van der Waals surface area contributed by atoms with Crippen molar-refractivity contribution in [3.8, 4) is 0 Å². The van der Waals surface area contributed by atoms with Crippen molar-refractivity contribution in [3.63, 3.8) is 0 Å². The molecule has 3 aromatic heterocycles. The zero-order chi connectivity index (χ0) is 16.6. The van der Waals surface area contributed by atoms with Gasteiger partial charge in [0, 0.05) is 22.1 Å². The number of rotatable bonds is 4. The van der Waals surface area contributed by atoms with Crippen LogP contribution in [-0.4, -0.2) is 27.9 Å². The van der Waals surface area contributed by atoms with Crippen LogP contribution in [0.15, 0.2) is 18.5 Å². The van der Waals surface area contributed by atoms with E-state index in [0.717, 1.165) is 14.7 Å². The van der Waals surface area contributed by atoms with Crippen LogP contribution in [0.25, 0.3) is 4.96 Å². The van der Waals surface area contributed by atoms with Crippen molar-refractivity contribution >= 4 is 44.5 Å². The number of thiazole rings is 1. The molecule has 0 unspecified atom stereocenters. The number of thiophene rings is 1. The van der Waals surface area contributed by atoms with Crippen molar-refractivity contribution in [2.45, 2.75) is 20.8 Å². The number of esters is 1. The van der Waals surface area contributed by atoms with E-state index in [-0.39, 0.29) is 12.5 Å². The average Bonchev–Trinajstić information content (AvgIpc) is 3.11. The van der Waals surface area contributed by atoms with Gasteiger partial charge in [0.25, 0.3) is 5.91 Å². The summed E-state index contributed by atoms with van der Waals surface area (Å²) in [5.41, 5.74) is 0.691. The van der Waals surface area contributed by atoms with Gasteiger partial charge in [-0.1, -0.05) is 0 Å². The van der Waals surface area contributed by atoms with Gasteiger partial charge in [-0.2, -0.15) is 0 Å². The Bertz CT molecular complexity index is 860. The number of aryl methyl sites for hydroxylation is 2. The van der Waals surface area contributed by atoms with Crippen LogP contribution in [0.3, 0.4) is 0 Å². The molecule has 3 aromatic rings. The minimum Gasteiger partial charge on any atom is -0.462 e. The first-order valence-electron chi connectivity index (χ1n) is 7.02. The van der Waals surface area contributed by atoms with Gasteiger partial charge in [-0.25, -0.2) is 9.78 Å². The summed E-state index contributed by atoms with van der Waals surface area (Å²) in [7, 11) is 0. The second kappa shape index (κ2) is 6.13. The van der Waals surface area contributed by atoms with Gasteiger partial charge in [0.05, 0.1) is 12.2 Å². The number of hydrogen-bond acceptors (Lipinski definition) is 6. The summed E-state index contributed by atoms with van der Waals surface area (Å²) in [5, 5.41) is 3.24. The highest BCUT2D eigenvalue weighted by atomic mass is 32.1. The van der Waals surface area contributed by atoms with Crippen molar-refractivity contribution in [2.75, 3.05) is 11.9 Å². The first-order chi connectivity index (χ1) is 11.0. The van der Waals surface area contributed by atoms with Gasteiger partial charge in [0.2, 0.25) is 0 Å². The third-order valence-electron chi connectivity index (χ3n) is 3.08. The summed E-state index contributed by atoms with van der Waals surface area (Å²) >= 11 is 2.85. The fourth-order valence-corrected chi connectivity index (χ4v) is 3.86. The predicted molar refractivity (Wildman–Crippen MR) is 90.8 cm³/mol. The molecule has 0 saturated heterocycles. The molecule has 8 heteroatoms. The highest BCUT2D eigenvalue weighted by molar-refractivity contribution is 7.17. The zero-order valence-corrected chi connectivity index (χ0v) is 14.5. The number of nitrogens with one attached hydrogen (secondary N) is 1. The van der Waals surface area contributed by atoms with Crippen molar-refractivity contribution < 1.29 is 14.3 Å². The summed E-state index contributed by atoms with van der Waals surface area (Å²) in [6, 6.07) is 1.72. The van der Waals surface area contributed by atoms with E-state index in [0.29, 0.717) is 16.3 Å². The summed E-state index contributed by atoms with van der Waals surface area (Å²) in [6.45, 7) is 5.89. The third-order valence-corrected chi connectivity index (χ3v) is 4.96. The molecule has 0 fully saturated rings. The normalized spacial score (nSPS) is 10.9. The van der Waals surface area contributed by atoms with Crippen LogP contribution < -0.4 is 5.32 Å². The molecule has 0 atom stereocenters. The lowest BCUT2D eigenvalue weighted by atomic mass is 10.3. The van der Waals surface area contributed by atoms with Gasteiger partial charge in [-0.3, -0.25) is 9.20 Å². The van der Waals surface area contributed by atoms with Crippen LogP contribution in [0.5, 0.6) is 0 Å². The molecule has 23 heavy (non-hydrogen) atoms. The van der Waals surface area contributed by atoms with Gasteiger partial charge >= 0.3 is 5.97 Å². The minimum absolute atomic E-state index is 0.289. The molecule has 0 aliphatic carbocycles. The molecule has 0 bridgehead atoms. The zero-order valence-electron chi connectivity index (χ0n) is 12.9. The fourth-order valence-electron chi connectivity index (χ4n) is 2.15. The molecule has 0 aromatic carbocycles. The molecule has 120 valence electrons. The number of ether oxygens (including phenoxy) is 1. The van der Waals surface area contributed by atoms with Crippen molar-refractivity contribution in [1.82, 2.24) is 9.38 Å². The number of carbonyl (C=O) groups excluding carboxylic acids is 2. The molecule has 1 N–H and O–H groups in total. The molecule has 6 nitrogen and oxygen atoms in total. The number of amides is 1. The Morgan fingerprint density at radius 1 is 1.26 bits per heavy atom. The summed E-state index contributed by atoms with van der Waals surface area (Å²) in [6.07, 6.45) is 3.60. The first kappa shape index (κ1) is 15.7. The number of nitrogens with zero attached hydrogens (tertiary/aromatic N) is 2. The van der Waals surface area contributed by atoms with Crippen molar-refractivity contribution in [2.24, 2.45) is 0 Å². The Labute approximate surface area is 140 Å². The maximum Gasteiger partial charge on any atom is 0.341 e.